The Morgan fingerprint density at radius 1 is 0.800 bits per heavy atom. The molecule has 0 aliphatic heterocycles. The van der Waals surface area contributed by atoms with Gasteiger partial charge in [-0.3, -0.25) is 24.0 Å². The average molecular weight is 1130 g/mol. The summed E-state index contributed by atoms with van der Waals surface area (Å²) in [4.78, 5) is 83.1. The van der Waals surface area contributed by atoms with Crippen LogP contribution in [0.2, 0.25) is 5.02 Å². The van der Waals surface area contributed by atoms with Gasteiger partial charge in [-0.15, -0.1) is 6.42 Å². The third-order valence-electron chi connectivity index (χ3n) is 12.7. The zero-order chi connectivity index (χ0) is 58.1. The quantitative estimate of drug-likeness (QED) is 0.0196. The number of carbonyl (C=O) groups is 5. The molecule has 0 aliphatic rings. The first-order valence-electron chi connectivity index (χ1n) is 26.6. The number of benzene rings is 5. The minimum atomic E-state index is -1.49. The number of nitrogens with zero attached hydrogens (tertiary/aromatic N) is 1. The smallest absolute Gasteiger partial charge is 0.407 e. The molecule has 1 aromatic heterocycles. The molecule has 0 saturated heterocycles. The molecule has 16 nitrogen and oxygen atoms in total. The molecular weight excluding hydrogens is 1060 g/mol. The van der Waals surface area contributed by atoms with Gasteiger partial charge in [0.25, 0.3) is 11.8 Å². The number of terminal acetylenes is 1. The number of alkyl carbamates (subject to hydrolysis) is 1. The fourth-order valence-corrected chi connectivity index (χ4v) is 9.82. The number of aryl methyl sites for hydroxylation is 1. The lowest BCUT2D eigenvalue weighted by Gasteiger charge is -2.35. The molecule has 0 spiro atoms. The van der Waals surface area contributed by atoms with Gasteiger partial charge in [0.1, 0.15) is 24.0 Å². The van der Waals surface area contributed by atoms with Crippen LogP contribution in [0, 0.1) is 30.8 Å². The van der Waals surface area contributed by atoms with Gasteiger partial charge in [-0.05, 0) is 130 Å². The van der Waals surface area contributed by atoms with Gasteiger partial charge in [-0.1, -0.05) is 99.5 Å². The lowest BCUT2D eigenvalue weighted by molar-refractivity contribution is -0.126. The van der Waals surface area contributed by atoms with Crippen molar-refractivity contribution in [2.45, 2.75) is 106 Å². The second-order valence-electron chi connectivity index (χ2n) is 21.0. The average Bonchev–Trinajstić information content (AvgIpc) is 3.45. The molecule has 5 amide bonds. The van der Waals surface area contributed by atoms with Crippen molar-refractivity contribution in [3.8, 4) is 12.1 Å². The van der Waals surface area contributed by atoms with Gasteiger partial charge in [-0.2, -0.15) is 0 Å². The van der Waals surface area contributed by atoms with Crippen LogP contribution in [0.1, 0.15) is 117 Å². The maximum atomic E-state index is 14.6. The normalized spacial score (nSPS) is 12.6. The molecule has 80 heavy (non-hydrogen) atoms. The van der Waals surface area contributed by atoms with Crippen molar-refractivity contribution in [3.63, 3.8) is 0 Å². The van der Waals surface area contributed by atoms with Crippen molar-refractivity contribution < 1.29 is 42.4 Å². The van der Waals surface area contributed by atoms with Crippen LogP contribution >= 0.6 is 19.9 Å². The molecule has 6 aromatic rings. The van der Waals surface area contributed by atoms with E-state index in [4.69, 9.17) is 36.4 Å². The SMILES string of the molecule is C#CP(Nc1ccc(C(=O)NC(C(=O)NCC(=O)Nc2ccc(COC(=O)NCCCN(C(=O)c3ccc(C)cc3)C(c3oc4cc(Cl)ccc4c(=O)c3Cc3ccccc3)C(C)C)cc2)C(C)C)cc1)OC(C)(C)COC(C)C. The van der Waals surface area contributed by atoms with Crippen LogP contribution in [-0.2, 0) is 36.6 Å². The zero-order valence-corrected chi connectivity index (χ0v) is 48.5. The van der Waals surface area contributed by atoms with Crippen molar-refractivity contribution in [2.75, 3.05) is 36.6 Å². The highest BCUT2D eigenvalue weighted by Gasteiger charge is 2.34. The van der Waals surface area contributed by atoms with Gasteiger partial charge in [0.15, 0.2) is 5.43 Å². The van der Waals surface area contributed by atoms with Crippen LogP contribution < -0.4 is 31.8 Å². The van der Waals surface area contributed by atoms with Crippen molar-refractivity contribution in [2.24, 2.45) is 11.8 Å². The number of fused-ring (bicyclic) bond motifs is 1. The maximum Gasteiger partial charge on any atom is 0.407 e. The molecule has 0 fully saturated rings. The summed E-state index contributed by atoms with van der Waals surface area (Å²) in [6.07, 6.45) is 5.74. The van der Waals surface area contributed by atoms with E-state index in [0.717, 1.165) is 11.1 Å². The Morgan fingerprint density at radius 3 is 2.10 bits per heavy atom. The second-order valence-corrected chi connectivity index (χ2v) is 22.7. The minimum Gasteiger partial charge on any atom is -0.458 e. The van der Waals surface area contributed by atoms with E-state index in [2.05, 4.69) is 32.0 Å². The molecule has 5 aromatic carbocycles. The summed E-state index contributed by atoms with van der Waals surface area (Å²) < 4.78 is 24.0. The van der Waals surface area contributed by atoms with E-state index in [1.807, 2.05) is 90.9 Å². The van der Waals surface area contributed by atoms with Gasteiger partial charge < -0.3 is 49.7 Å². The number of hydrogen-bond donors (Lipinski definition) is 5. The molecular formula is C62H72ClN6O10P. The maximum absolute atomic E-state index is 14.6. The Morgan fingerprint density at radius 2 is 1.46 bits per heavy atom. The number of nitrogens with one attached hydrogen (secondary N) is 5. The highest BCUT2D eigenvalue weighted by atomic mass is 35.5. The predicted molar refractivity (Wildman–Crippen MR) is 316 cm³/mol. The Hall–Kier alpha value is -7.54. The number of rotatable bonds is 26. The number of carbonyl (C=O) groups excluding carboxylic acids is 5. The van der Waals surface area contributed by atoms with Crippen LogP contribution in [0.5, 0.6) is 0 Å². The Bertz CT molecular complexity index is 3180. The van der Waals surface area contributed by atoms with Crippen molar-refractivity contribution in [1.29, 1.82) is 0 Å². The lowest BCUT2D eigenvalue weighted by atomic mass is 9.91. The molecule has 18 heteroatoms. The number of ether oxygens (including phenoxy) is 2. The Balaban J connectivity index is 0.997. The number of anilines is 2. The first-order chi connectivity index (χ1) is 38.1. The first-order valence-corrected chi connectivity index (χ1v) is 28.2. The van der Waals surface area contributed by atoms with E-state index in [1.54, 1.807) is 97.6 Å². The molecule has 422 valence electrons. The molecule has 6 rings (SSSR count). The van der Waals surface area contributed by atoms with Gasteiger partial charge in [0.2, 0.25) is 20.1 Å². The number of amides is 5. The summed E-state index contributed by atoms with van der Waals surface area (Å²) in [6, 6.07) is 33.5. The van der Waals surface area contributed by atoms with Crippen LogP contribution in [0.4, 0.5) is 16.2 Å². The molecule has 3 atom stereocenters. The third-order valence-corrected chi connectivity index (χ3v) is 14.3. The number of hydrogen-bond acceptors (Lipinski definition) is 11. The highest BCUT2D eigenvalue weighted by molar-refractivity contribution is 7.59. The minimum absolute atomic E-state index is 0.0424. The van der Waals surface area contributed by atoms with Crippen molar-refractivity contribution >= 4 is 72.0 Å². The van der Waals surface area contributed by atoms with Gasteiger partial charge in [0.05, 0.1) is 36.3 Å². The second kappa shape index (κ2) is 29.1. The van der Waals surface area contributed by atoms with E-state index < -0.39 is 49.8 Å². The third kappa shape index (κ3) is 18.0. The van der Waals surface area contributed by atoms with E-state index in [1.165, 1.54) is 0 Å². The lowest BCUT2D eigenvalue weighted by Crippen LogP contribution is -2.51. The van der Waals surface area contributed by atoms with Crippen molar-refractivity contribution in [3.05, 3.63) is 176 Å². The van der Waals surface area contributed by atoms with Gasteiger partial charge >= 0.3 is 6.09 Å². The fraction of sp³-hybridized carbons (Fsp3) is 0.355. The van der Waals surface area contributed by atoms with Crippen LogP contribution in [0.25, 0.3) is 11.0 Å². The summed E-state index contributed by atoms with van der Waals surface area (Å²) in [5.41, 5.74) is 6.99. The summed E-state index contributed by atoms with van der Waals surface area (Å²) >= 11 is 6.40. The molecule has 0 bridgehead atoms. The van der Waals surface area contributed by atoms with E-state index in [-0.39, 0.29) is 61.9 Å². The van der Waals surface area contributed by atoms with E-state index in [9.17, 15) is 28.8 Å². The first kappa shape index (κ1) is 61.7. The Labute approximate surface area is 474 Å². The fourth-order valence-electron chi connectivity index (χ4n) is 8.56. The molecule has 0 radical (unpaired) electrons. The molecule has 5 N–H and O–H groups in total. The van der Waals surface area contributed by atoms with Crippen LogP contribution in [0.3, 0.4) is 0 Å². The monoisotopic (exact) mass is 1130 g/mol. The molecule has 1 heterocycles. The molecule has 3 unspecified atom stereocenters. The van der Waals surface area contributed by atoms with E-state index in [0.29, 0.717) is 68.4 Å². The molecule has 0 saturated carbocycles. The van der Waals surface area contributed by atoms with Crippen LogP contribution in [0.15, 0.2) is 131 Å². The summed E-state index contributed by atoms with van der Waals surface area (Å²) in [6.45, 7) is 17.4. The number of halogens is 1. The standard InChI is InChI=1S/C62H72ClN6O10P/c1-11-80(79-62(9,10)38-77-41(6)7)68-49-29-24-45(25-30-49)58(72)67-54(39(2)3)59(73)65-36-53(70)66-48-27-20-44(21-28-48)37-76-61(75)64-32-15-33-69(60(74)46-22-18-42(8)19-23-46)55(40(4)5)57-51(34-43-16-13-12-14-17-43)56(71)50-31-26-47(63)35-52(50)78-57/h1,12-14,16-31,35,39-41,54-55,68H,15,32-34,36-38H2,2-10H3,(H,64,75)(H,65,73)(H,66,70)(H,67,72). The van der Waals surface area contributed by atoms with Crippen molar-refractivity contribution in [1.82, 2.24) is 20.9 Å². The highest BCUT2D eigenvalue weighted by Crippen LogP contribution is 2.41. The summed E-state index contributed by atoms with van der Waals surface area (Å²) in [5.74, 6) is -1.91. The topological polar surface area (TPSA) is 207 Å². The van der Waals surface area contributed by atoms with Gasteiger partial charge in [-0.25, -0.2) is 4.79 Å². The van der Waals surface area contributed by atoms with Gasteiger partial charge in [0, 0.05) is 58.7 Å². The summed E-state index contributed by atoms with van der Waals surface area (Å²) in [7, 11) is -1.49. The zero-order valence-electron chi connectivity index (χ0n) is 46.8. The van der Waals surface area contributed by atoms with Crippen LogP contribution in [-0.4, -0.2) is 78.6 Å². The van der Waals surface area contributed by atoms with E-state index >= 15 is 0 Å². The predicted octanol–water partition coefficient (Wildman–Crippen LogP) is 11.5. The largest absolute Gasteiger partial charge is 0.458 e. The summed E-state index contributed by atoms with van der Waals surface area (Å²) in [5, 5.41) is 14.9. The Kier molecular flexibility index (Phi) is 22.4. The molecule has 0 aliphatic carbocycles.